The minimum Gasteiger partial charge on any atom is -0.462 e. The quantitative estimate of drug-likeness (QED) is 0.282. The largest absolute Gasteiger partial charge is 0.462 e. The molecule has 30 heavy (non-hydrogen) atoms. The molecule has 4 nitrogen and oxygen atoms in total. The van der Waals surface area contributed by atoms with Gasteiger partial charge in [-0.05, 0) is 49.7 Å². The molecule has 0 heterocycles. The highest BCUT2D eigenvalue weighted by molar-refractivity contribution is 6.03. The van der Waals surface area contributed by atoms with Crippen molar-refractivity contribution in [1.82, 2.24) is 0 Å². The minimum absolute atomic E-state index is 0.124. The van der Waals surface area contributed by atoms with Crippen LogP contribution in [0.15, 0.2) is 24.3 Å². The number of hydrogen-bond donors (Lipinski definition) is 0. The van der Waals surface area contributed by atoms with E-state index >= 15 is 0 Å². The van der Waals surface area contributed by atoms with Gasteiger partial charge >= 0.3 is 11.9 Å². The smallest absolute Gasteiger partial charge is 0.339 e. The maximum absolute atomic E-state index is 12.8. The molecule has 1 rings (SSSR count). The predicted octanol–water partition coefficient (Wildman–Crippen LogP) is 7.21. The topological polar surface area (TPSA) is 52.6 Å². The number of carbonyl (C=O) groups excluding carboxylic acids is 2. The number of unbranched alkanes of at least 4 members (excludes halogenated alkanes) is 1. The van der Waals surface area contributed by atoms with Crippen LogP contribution in [0.5, 0.6) is 0 Å². The van der Waals surface area contributed by atoms with Crippen LogP contribution in [-0.4, -0.2) is 24.6 Å². The summed E-state index contributed by atoms with van der Waals surface area (Å²) in [4.78, 5) is 25.5. The van der Waals surface area contributed by atoms with Gasteiger partial charge in [0, 0.05) is 0 Å². The van der Waals surface area contributed by atoms with Gasteiger partial charge in [0.25, 0.3) is 0 Å². The molecule has 1 aromatic carbocycles. The molecule has 0 aliphatic carbocycles. The van der Waals surface area contributed by atoms with Gasteiger partial charge in [-0.2, -0.15) is 0 Å². The van der Waals surface area contributed by atoms with Crippen molar-refractivity contribution >= 4 is 11.9 Å². The number of esters is 2. The fourth-order valence-electron chi connectivity index (χ4n) is 3.69. The molecule has 4 heteroatoms. The molecule has 0 aliphatic heterocycles. The normalized spacial score (nSPS) is 13.1. The lowest BCUT2D eigenvalue weighted by atomic mass is 9.95. The van der Waals surface area contributed by atoms with Crippen LogP contribution in [0.3, 0.4) is 0 Å². The van der Waals surface area contributed by atoms with Crippen molar-refractivity contribution in [3.05, 3.63) is 35.4 Å². The van der Waals surface area contributed by atoms with Gasteiger partial charge in [-0.3, -0.25) is 0 Å². The summed E-state index contributed by atoms with van der Waals surface area (Å²) in [5.74, 6) is 0.154. The SMILES string of the molecule is CCCCC(CC)COC(=O)c1ccccc1C(=O)OC(CC)CCC(CC)CC. The molecule has 0 saturated carbocycles. The maximum Gasteiger partial charge on any atom is 0.339 e. The molecule has 0 radical (unpaired) electrons. The Morgan fingerprint density at radius 3 is 1.90 bits per heavy atom. The molecular weight excluding hydrogens is 376 g/mol. The standard InChI is InChI=1S/C26H42O4/c1-6-11-14-21(9-4)19-29-25(27)23-15-12-13-16-24(23)26(28)30-22(10-5)18-17-20(7-2)8-3/h12-13,15-16,20-22H,6-11,14,17-19H2,1-5H3. The van der Waals surface area contributed by atoms with Crippen molar-refractivity contribution in [3.8, 4) is 0 Å². The van der Waals surface area contributed by atoms with E-state index < -0.39 is 11.9 Å². The molecule has 2 atom stereocenters. The van der Waals surface area contributed by atoms with E-state index in [2.05, 4.69) is 27.7 Å². The number of hydrogen-bond acceptors (Lipinski definition) is 4. The van der Waals surface area contributed by atoms with Gasteiger partial charge in [0.1, 0.15) is 6.10 Å². The molecule has 170 valence electrons. The fraction of sp³-hybridized carbons (Fsp3) is 0.692. The zero-order valence-electron chi connectivity index (χ0n) is 19.7. The molecule has 2 unspecified atom stereocenters. The van der Waals surface area contributed by atoms with Gasteiger partial charge in [-0.15, -0.1) is 0 Å². The summed E-state index contributed by atoms with van der Waals surface area (Å²) in [6.45, 7) is 11.1. The lowest BCUT2D eigenvalue weighted by Gasteiger charge is -2.20. The van der Waals surface area contributed by atoms with Crippen LogP contribution < -0.4 is 0 Å². The Hall–Kier alpha value is -1.84. The van der Waals surface area contributed by atoms with Crippen molar-refractivity contribution in [2.24, 2.45) is 11.8 Å². The molecular formula is C26H42O4. The summed E-state index contributed by atoms with van der Waals surface area (Å²) in [5.41, 5.74) is 0.591. The predicted molar refractivity (Wildman–Crippen MR) is 123 cm³/mol. The summed E-state index contributed by atoms with van der Waals surface area (Å²) in [5, 5.41) is 0. The summed E-state index contributed by atoms with van der Waals surface area (Å²) in [6, 6.07) is 6.82. The summed E-state index contributed by atoms with van der Waals surface area (Å²) < 4.78 is 11.3. The second-order valence-corrected chi connectivity index (χ2v) is 8.26. The van der Waals surface area contributed by atoms with E-state index in [0.717, 1.165) is 57.8 Å². The number of ether oxygens (including phenoxy) is 2. The van der Waals surface area contributed by atoms with Crippen molar-refractivity contribution in [3.63, 3.8) is 0 Å². The Morgan fingerprint density at radius 1 is 0.767 bits per heavy atom. The van der Waals surface area contributed by atoms with E-state index in [1.54, 1.807) is 24.3 Å². The molecule has 0 fully saturated rings. The van der Waals surface area contributed by atoms with E-state index in [4.69, 9.17) is 9.47 Å². The highest BCUT2D eigenvalue weighted by Crippen LogP contribution is 2.21. The molecule has 1 aromatic rings. The molecule has 0 amide bonds. The molecule has 0 bridgehead atoms. The molecule has 0 spiro atoms. The van der Waals surface area contributed by atoms with Crippen LogP contribution in [0.4, 0.5) is 0 Å². The lowest BCUT2D eigenvalue weighted by molar-refractivity contribution is 0.0245. The number of carbonyl (C=O) groups is 2. The highest BCUT2D eigenvalue weighted by atomic mass is 16.5. The Morgan fingerprint density at radius 2 is 1.37 bits per heavy atom. The van der Waals surface area contributed by atoms with Gasteiger partial charge < -0.3 is 9.47 Å². The van der Waals surface area contributed by atoms with Gasteiger partial charge in [0.15, 0.2) is 0 Å². The molecule has 0 aromatic heterocycles. The lowest BCUT2D eigenvalue weighted by Crippen LogP contribution is -2.22. The summed E-state index contributed by atoms with van der Waals surface area (Å²) >= 11 is 0. The van der Waals surface area contributed by atoms with E-state index in [1.165, 1.54) is 0 Å². The monoisotopic (exact) mass is 418 g/mol. The number of rotatable bonds is 15. The van der Waals surface area contributed by atoms with Crippen molar-refractivity contribution in [2.75, 3.05) is 6.61 Å². The zero-order valence-corrected chi connectivity index (χ0v) is 19.7. The van der Waals surface area contributed by atoms with Crippen molar-refractivity contribution in [1.29, 1.82) is 0 Å². The minimum atomic E-state index is -0.442. The number of benzene rings is 1. The Kier molecular flexibility index (Phi) is 13.1. The fourth-order valence-corrected chi connectivity index (χ4v) is 3.69. The van der Waals surface area contributed by atoms with Crippen LogP contribution >= 0.6 is 0 Å². The summed E-state index contributed by atoms with van der Waals surface area (Å²) in [7, 11) is 0. The average molecular weight is 419 g/mol. The third-order valence-corrected chi connectivity index (χ3v) is 6.14. The first-order chi connectivity index (χ1) is 14.5. The van der Waals surface area contributed by atoms with Gasteiger partial charge in [0.05, 0.1) is 17.7 Å². The summed E-state index contributed by atoms with van der Waals surface area (Å²) in [6.07, 6.45) is 9.15. The van der Waals surface area contributed by atoms with E-state index in [9.17, 15) is 9.59 Å². The van der Waals surface area contributed by atoms with Gasteiger partial charge in [0.2, 0.25) is 0 Å². The Balaban J connectivity index is 2.76. The third-order valence-electron chi connectivity index (χ3n) is 6.14. The third kappa shape index (κ3) is 8.89. The molecule has 0 N–H and O–H groups in total. The molecule has 0 saturated heterocycles. The second kappa shape index (κ2) is 15.0. The first-order valence-electron chi connectivity index (χ1n) is 12.0. The van der Waals surface area contributed by atoms with Crippen LogP contribution in [0.1, 0.15) is 113 Å². The highest BCUT2D eigenvalue weighted by Gasteiger charge is 2.22. The van der Waals surface area contributed by atoms with Crippen LogP contribution in [0.25, 0.3) is 0 Å². The van der Waals surface area contributed by atoms with E-state index in [0.29, 0.717) is 29.6 Å². The Bertz CT molecular complexity index is 621. The first-order valence-corrected chi connectivity index (χ1v) is 12.0. The van der Waals surface area contributed by atoms with Crippen LogP contribution in [0.2, 0.25) is 0 Å². The average Bonchev–Trinajstić information content (AvgIpc) is 2.78. The molecule has 0 aliphatic rings. The van der Waals surface area contributed by atoms with Crippen LogP contribution in [-0.2, 0) is 9.47 Å². The van der Waals surface area contributed by atoms with E-state index in [-0.39, 0.29) is 6.10 Å². The van der Waals surface area contributed by atoms with Crippen LogP contribution in [0, 0.1) is 11.8 Å². The van der Waals surface area contributed by atoms with E-state index in [1.807, 2.05) is 6.92 Å². The van der Waals surface area contributed by atoms with Gasteiger partial charge in [-0.25, -0.2) is 9.59 Å². The van der Waals surface area contributed by atoms with Crippen molar-refractivity contribution < 1.29 is 19.1 Å². The first kappa shape index (κ1) is 26.2. The maximum atomic E-state index is 12.8. The van der Waals surface area contributed by atoms with Crippen molar-refractivity contribution in [2.45, 2.75) is 98.5 Å². The Labute approximate surface area is 183 Å². The second-order valence-electron chi connectivity index (χ2n) is 8.26. The van der Waals surface area contributed by atoms with Gasteiger partial charge in [-0.1, -0.05) is 78.9 Å². The zero-order chi connectivity index (χ0) is 22.4.